The molecule has 1 saturated carbocycles. The molecule has 1 aliphatic carbocycles. The van der Waals surface area contributed by atoms with E-state index < -0.39 is 59.8 Å². The third-order valence-electron chi connectivity index (χ3n) is 13.3. The normalized spacial score (nSPS) is 37.3. The van der Waals surface area contributed by atoms with Crippen LogP contribution in [-0.2, 0) is 47.7 Å². The quantitative estimate of drug-likeness (QED) is 0.154. The lowest BCUT2D eigenvalue weighted by Crippen LogP contribution is -2.64. The van der Waals surface area contributed by atoms with Crippen LogP contribution in [0.2, 0.25) is 0 Å². The summed E-state index contributed by atoms with van der Waals surface area (Å²) in [6.07, 6.45) is 9.39. The average molecular weight is 843 g/mol. The van der Waals surface area contributed by atoms with E-state index in [1.54, 1.807) is 27.2 Å². The van der Waals surface area contributed by atoms with Crippen LogP contribution in [-0.4, -0.2) is 115 Å². The van der Waals surface area contributed by atoms with Crippen LogP contribution in [0.25, 0.3) is 0 Å². The van der Waals surface area contributed by atoms with Crippen LogP contribution in [0, 0.1) is 29.6 Å². The van der Waals surface area contributed by atoms with Gasteiger partial charge in [-0.3, -0.25) is 19.2 Å². The molecule has 60 heavy (non-hydrogen) atoms. The van der Waals surface area contributed by atoms with Gasteiger partial charge in [-0.2, -0.15) is 0 Å². The molecule has 2 bridgehead atoms. The molecule has 0 aromatic heterocycles. The Balaban J connectivity index is 1.72. The molecule has 2 N–H and O–H groups in total. The Morgan fingerprint density at radius 3 is 2.35 bits per heavy atom. The van der Waals surface area contributed by atoms with Crippen LogP contribution < -0.4 is 5.32 Å². The highest BCUT2D eigenvalue weighted by Gasteiger charge is 2.56. The molecular weight excluding hydrogens is 769 g/mol. The molecule has 13 nitrogen and oxygen atoms in total. The van der Waals surface area contributed by atoms with Gasteiger partial charge in [0.1, 0.15) is 24.0 Å². The second-order valence-corrected chi connectivity index (χ2v) is 18.2. The van der Waals surface area contributed by atoms with E-state index in [0.717, 1.165) is 17.6 Å². The highest BCUT2D eigenvalue weighted by molar-refractivity contribution is 6.39. The van der Waals surface area contributed by atoms with Crippen molar-refractivity contribution in [1.29, 1.82) is 0 Å². The lowest BCUT2D eigenvalue weighted by atomic mass is 9.81. The standard InChI is InChI=1S/C47H74N2O11/c1-11-21-58-39-27-34(17-18-36(39)48-33(8)50)25-31(6)42-30(5)16-19-38(51)35(12-2)23-28(3)22-29(4)24-40(56-9)43-41(57-10)26-32(7)47(55,60-43)44(52)45(53)49-20-14-13-15-37(49)46(54)59-42/h11,23,25,29-30,32,34-37,39-43,55H,1,12-22,24,26-27H2,2-10H3,(H,48,50). The van der Waals surface area contributed by atoms with Crippen molar-refractivity contribution in [2.24, 2.45) is 29.6 Å². The predicted molar refractivity (Wildman–Crippen MR) is 227 cm³/mol. The molecule has 2 amide bonds. The maximum atomic E-state index is 14.4. The first kappa shape index (κ1) is 49.4. The molecule has 3 aliphatic heterocycles. The van der Waals surface area contributed by atoms with E-state index in [1.165, 1.54) is 11.8 Å². The summed E-state index contributed by atoms with van der Waals surface area (Å²) >= 11 is 0. The minimum Gasteiger partial charge on any atom is -0.456 e. The van der Waals surface area contributed by atoms with Crippen molar-refractivity contribution in [2.45, 2.75) is 174 Å². The maximum Gasteiger partial charge on any atom is 0.329 e. The number of allylic oxidation sites excluding steroid dienone is 3. The first-order valence-electron chi connectivity index (χ1n) is 22.4. The molecule has 0 spiro atoms. The Bertz CT molecular complexity index is 1580. The van der Waals surface area contributed by atoms with E-state index in [1.807, 2.05) is 27.7 Å². The fraction of sp³-hybridized carbons (Fsp3) is 0.766. The van der Waals surface area contributed by atoms with Gasteiger partial charge in [-0.1, -0.05) is 51.5 Å². The zero-order valence-corrected chi connectivity index (χ0v) is 37.7. The smallest absolute Gasteiger partial charge is 0.329 e. The van der Waals surface area contributed by atoms with Crippen molar-refractivity contribution in [3.63, 3.8) is 0 Å². The summed E-state index contributed by atoms with van der Waals surface area (Å²) in [6, 6.07) is -1.20. The molecule has 13 heteroatoms. The van der Waals surface area contributed by atoms with Gasteiger partial charge in [-0.05, 0) is 108 Å². The molecule has 0 radical (unpaired) electrons. The third-order valence-corrected chi connectivity index (χ3v) is 13.3. The molecule has 4 aliphatic rings. The number of Topliss-reactive ketones (excluding diaryl/α,β-unsaturated/α-hetero) is 2. The van der Waals surface area contributed by atoms with Crippen molar-refractivity contribution in [3.8, 4) is 0 Å². The van der Waals surface area contributed by atoms with Crippen molar-refractivity contribution < 1.29 is 52.8 Å². The Labute approximate surface area is 358 Å². The number of cyclic esters (lactones) is 1. The van der Waals surface area contributed by atoms with Crippen molar-refractivity contribution in [1.82, 2.24) is 10.2 Å². The van der Waals surface area contributed by atoms with Gasteiger partial charge in [0.15, 0.2) is 0 Å². The first-order valence-corrected chi connectivity index (χ1v) is 22.4. The summed E-state index contributed by atoms with van der Waals surface area (Å²) in [7, 11) is 3.10. The van der Waals surface area contributed by atoms with Gasteiger partial charge < -0.3 is 39.0 Å². The number of carbonyl (C=O) groups excluding carboxylic acids is 5. The largest absolute Gasteiger partial charge is 0.456 e. The highest BCUT2D eigenvalue weighted by Crippen LogP contribution is 2.39. The van der Waals surface area contributed by atoms with Crippen LogP contribution in [0.1, 0.15) is 126 Å². The summed E-state index contributed by atoms with van der Waals surface area (Å²) in [5.41, 5.74) is 1.89. The number of rotatable bonds is 9. The zero-order valence-electron chi connectivity index (χ0n) is 37.7. The van der Waals surface area contributed by atoms with Crippen LogP contribution in [0.4, 0.5) is 0 Å². The Hall–Kier alpha value is -3.23. The number of amides is 2. The molecule has 338 valence electrons. The van der Waals surface area contributed by atoms with E-state index in [0.29, 0.717) is 64.4 Å². The molecule has 2 saturated heterocycles. The summed E-state index contributed by atoms with van der Waals surface area (Å²) < 4.78 is 30.6. The summed E-state index contributed by atoms with van der Waals surface area (Å²) in [5.74, 6) is -6.44. The second kappa shape index (κ2) is 22.7. The number of nitrogens with zero attached hydrogens (tertiary/aromatic N) is 1. The summed E-state index contributed by atoms with van der Waals surface area (Å²) in [5, 5.41) is 15.1. The van der Waals surface area contributed by atoms with E-state index in [-0.39, 0.29) is 66.9 Å². The van der Waals surface area contributed by atoms with Crippen molar-refractivity contribution in [2.75, 3.05) is 27.4 Å². The van der Waals surface area contributed by atoms with Gasteiger partial charge in [-0.15, -0.1) is 6.58 Å². The lowest BCUT2D eigenvalue weighted by Gasteiger charge is -2.47. The average Bonchev–Trinajstić information content (AvgIpc) is 3.22. The van der Waals surface area contributed by atoms with E-state index in [2.05, 4.69) is 31.0 Å². The number of hydrogen-bond acceptors (Lipinski definition) is 11. The number of aliphatic hydroxyl groups is 1. The zero-order chi connectivity index (χ0) is 44.3. The number of carbonyl (C=O) groups is 5. The van der Waals surface area contributed by atoms with Gasteiger partial charge in [0.05, 0.1) is 31.0 Å². The van der Waals surface area contributed by atoms with Crippen LogP contribution in [0.5, 0.6) is 0 Å². The van der Waals surface area contributed by atoms with E-state index in [4.69, 9.17) is 23.7 Å². The Morgan fingerprint density at radius 2 is 1.70 bits per heavy atom. The number of esters is 1. The van der Waals surface area contributed by atoms with Crippen molar-refractivity contribution >= 4 is 29.4 Å². The minimum atomic E-state index is -2.48. The Morgan fingerprint density at radius 1 is 1.00 bits per heavy atom. The van der Waals surface area contributed by atoms with Gasteiger partial charge in [-0.25, -0.2) is 4.79 Å². The molecule has 0 aromatic rings. The molecule has 3 heterocycles. The van der Waals surface area contributed by atoms with Gasteiger partial charge in [0.2, 0.25) is 11.7 Å². The van der Waals surface area contributed by atoms with Gasteiger partial charge in [0.25, 0.3) is 11.7 Å². The number of ether oxygens (including phenoxy) is 5. The summed E-state index contributed by atoms with van der Waals surface area (Å²) in [6.45, 7) is 17.4. The SMILES string of the molecule is C=CCOC1CC(C=C(C)C2OC(=O)C3CCCCN3C(=O)C(=O)C3(O)OC(C(OC)CC(C)CC(C)=CC(CC)C(=O)CCC2C)C(OC)CC3C)CCC1NC(C)=O. The highest BCUT2D eigenvalue weighted by atomic mass is 16.7. The number of hydrogen-bond donors (Lipinski definition) is 2. The Kier molecular flexibility index (Phi) is 18.7. The number of piperidine rings is 1. The van der Waals surface area contributed by atoms with Gasteiger partial charge >= 0.3 is 5.97 Å². The summed E-state index contributed by atoms with van der Waals surface area (Å²) in [4.78, 5) is 70.1. The number of methoxy groups -OCH3 is 2. The fourth-order valence-corrected chi connectivity index (χ4v) is 9.96. The topological polar surface area (TPSA) is 167 Å². The third kappa shape index (κ3) is 12.5. The van der Waals surface area contributed by atoms with E-state index in [9.17, 15) is 29.1 Å². The molecular formula is C47H74N2O11. The monoisotopic (exact) mass is 843 g/mol. The molecule has 13 atom stereocenters. The number of ketones is 2. The lowest BCUT2D eigenvalue weighted by molar-refractivity contribution is -0.302. The second-order valence-electron chi connectivity index (χ2n) is 18.2. The predicted octanol–water partition coefficient (Wildman–Crippen LogP) is 6.20. The van der Waals surface area contributed by atoms with E-state index >= 15 is 0 Å². The number of nitrogens with one attached hydrogen (secondary N) is 1. The van der Waals surface area contributed by atoms with Crippen LogP contribution >= 0.6 is 0 Å². The number of fused-ring (bicyclic) bond motifs is 3. The first-order chi connectivity index (χ1) is 28.5. The van der Waals surface area contributed by atoms with Crippen LogP contribution in [0.3, 0.4) is 0 Å². The molecule has 13 unspecified atom stereocenters. The molecule has 4 rings (SSSR count). The minimum absolute atomic E-state index is 0.0605. The van der Waals surface area contributed by atoms with Gasteiger partial charge in [0, 0.05) is 45.9 Å². The maximum absolute atomic E-state index is 14.4. The molecule has 0 aromatic carbocycles. The fourth-order valence-electron chi connectivity index (χ4n) is 9.96. The van der Waals surface area contributed by atoms with Crippen molar-refractivity contribution in [3.05, 3.63) is 36.0 Å². The van der Waals surface area contributed by atoms with Crippen LogP contribution in [0.15, 0.2) is 36.0 Å². The molecule has 3 fully saturated rings.